The monoisotopic (exact) mass is 523 g/mol. The molecule has 0 saturated heterocycles. The summed E-state index contributed by atoms with van der Waals surface area (Å²) in [6.45, 7) is 0. The second-order valence-corrected chi connectivity index (χ2v) is 9.31. The maximum absolute atomic E-state index is 12.5. The van der Waals surface area contributed by atoms with Crippen molar-refractivity contribution in [2.45, 2.75) is 0 Å². The summed E-state index contributed by atoms with van der Waals surface area (Å²) in [6.07, 6.45) is 1.77. The highest BCUT2D eigenvalue weighted by Gasteiger charge is 2.13. The van der Waals surface area contributed by atoms with Crippen molar-refractivity contribution in [1.82, 2.24) is 4.98 Å². The molecule has 6 rings (SSSR count). The Hall–Kier alpha value is -4.32. The number of fused-ring (bicyclic) bond motifs is 3. The average molecular weight is 524 g/mol. The molecule has 6 aromatic rings. The Morgan fingerprint density at radius 1 is 0.730 bits per heavy atom. The lowest BCUT2D eigenvalue weighted by molar-refractivity contribution is 0.102. The Kier molecular flexibility index (Phi) is 6.01. The molecule has 5 nitrogen and oxygen atoms in total. The van der Waals surface area contributed by atoms with E-state index in [1.807, 2.05) is 66.7 Å². The van der Waals surface area contributed by atoms with Crippen molar-refractivity contribution in [3.8, 4) is 11.3 Å². The van der Waals surface area contributed by atoms with Crippen molar-refractivity contribution >= 4 is 68.1 Å². The van der Waals surface area contributed by atoms with Crippen LogP contribution in [0.3, 0.4) is 0 Å². The van der Waals surface area contributed by atoms with Gasteiger partial charge in [0.15, 0.2) is 0 Å². The third-order valence-corrected chi connectivity index (χ3v) is 6.79. The number of para-hydroxylation sites is 2. The van der Waals surface area contributed by atoms with E-state index in [4.69, 9.17) is 27.6 Å². The van der Waals surface area contributed by atoms with Gasteiger partial charge >= 0.3 is 0 Å². The lowest BCUT2D eigenvalue weighted by Gasteiger charge is -2.10. The first kappa shape index (κ1) is 23.1. The molecule has 0 atom stereocenters. The zero-order valence-electron chi connectivity index (χ0n) is 19.3. The van der Waals surface area contributed by atoms with Gasteiger partial charge in [0, 0.05) is 45.2 Å². The Morgan fingerprint density at radius 2 is 1.51 bits per heavy atom. The topological polar surface area (TPSA) is 67.2 Å². The SMILES string of the molecule is O=C(Nc1ccc(Nc2ccnc(-c3cccc4c3oc3ccccc34)c2)cc1)c1ccc(Cl)c(Cl)c1. The van der Waals surface area contributed by atoms with Crippen molar-refractivity contribution in [1.29, 1.82) is 0 Å². The molecule has 7 heteroatoms. The van der Waals surface area contributed by atoms with Crippen molar-refractivity contribution in [3.05, 3.63) is 119 Å². The number of pyridine rings is 1. The Balaban J connectivity index is 1.21. The number of rotatable bonds is 5. The molecule has 4 aromatic carbocycles. The molecule has 0 aliphatic rings. The highest BCUT2D eigenvalue weighted by molar-refractivity contribution is 6.42. The van der Waals surface area contributed by atoms with Crippen molar-refractivity contribution < 1.29 is 9.21 Å². The summed E-state index contributed by atoms with van der Waals surface area (Å²) in [4.78, 5) is 17.1. The molecule has 2 N–H and O–H groups in total. The van der Waals surface area contributed by atoms with Crippen LogP contribution in [0, 0.1) is 0 Å². The number of hydrogen-bond donors (Lipinski definition) is 2. The molecule has 0 spiro atoms. The number of nitrogens with one attached hydrogen (secondary N) is 2. The molecule has 0 unspecified atom stereocenters. The van der Waals surface area contributed by atoms with Crippen molar-refractivity contribution in [3.63, 3.8) is 0 Å². The maximum Gasteiger partial charge on any atom is 0.255 e. The molecule has 0 saturated carbocycles. The van der Waals surface area contributed by atoms with E-state index < -0.39 is 0 Å². The molecule has 37 heavy (non-hydrogen) atoms. The lowest BCUT2D eigenvalue weighted by Crippen LogP contribution is -2.11. The van der Waals surface area contributed by atoms with Crippen molar-refractivity contribution in [2.24, 2.45) is 0 Å². The largest absolute Gasteiger partial charge is 0.455 e. The number of benzene rings is 4. The van der Waals surface area contributed by atoms with Crippen LogP contribution in [0.15, 0.2) is 108 Å². The van der Waals surface area contributed by atoms with Gasteiger partial charge in [-0.2, -0.15) is 0 Å². The molecule has 0 aliphatic heterocycles. The number of carbonyl (C=O) groups is 1. The molecule has 0 radical (unpaired) electrons. The molecular formula is C30H19Cl2N3O2. The van der Waals surface area contributed by atoms with Gasteiger partial charge in [0.25, 0.3) is 5.91 Å². The number of furan rings is 1. The van der Waals surface area contributed by atoms with Crippen LogP contribution in [-0.2, 0) is 0 Å². The number of nitrogens with zero attached hydrogens (tertiary/aromatic N) is 1. The van der Waals surface area contributed by atoms with Gasteiger partial charge in [-0.05, 0) is 66.7 Å². The van der Waals surface area contributed by atoms with Gasteiger partial charge in [-0.3, -0.25) is 9.78 Å². The summed E-state index contributed by atoms with van der Waals surface area (Å²) >= 11 is 12.0. The van der Waals surface area contributed by atoms with Crippen LogP contribution < -0.4 is 10.6 Å². The minimum Gasteiger partial charge on any atom is -0.455 e. The molecule has 2 heterocycles. The van der Waals surface area contributed by atoms with E-state index >= 15 is 0 Å². The van der Waals surface area contributed by atoms with Crippen LogP contribution >= 0.6 is 23.2 Å². The molecule has 0 bridgehead atoms. The third-order valence-electron chi connectivity index (χ3n) is 6.05. The zero-order chi connectivity index (χ0) is 25.4. The first-order valence-corrected chi connectivity index (χ1v) is 12.3. The van der Waals surface area contributed by atoms with E-state index in [1.165, 1.54) is 0 Å². The molecular weight excluding hydrogens is 505 g/mol. The van der Waals surface area contributed by atoms with Crippen LogP contribution in [0.5, 0.6) is 0 Å². The summed E-state index contributed by atoms with van der Waals surface area (Å²) in [7, 11) is 0. The number of halogens is 2. The fraction of sp³-hybridized carbons (Fsp3) is 0. The predicted molar refractivity (Wildman–Crippen MR) is 151 cm³/mol. The number of hydrogen-bond acceptors (Lipinski definition) is 4. The van der Waals surface area contributed by atoms with Crippen molar-refractivity contribution in [2.75, 3.05) is 10.6 Å². The van der Waals surface area contributed by atoms with E-state index in [-0.39, 0.29) is 5.91 Å². The fourth-order valence-electron chi connectivity index (χ4n) is 4.25. The number of amides is 1. The van der Waals surface area contributed by atoms with Crippen LogP contribution in [-0.4, -0.2) is 10.9 Å². The normalized spacial score (nSPS) is 11.1. The van der Waals surface area contributed by atoms with Crippen LogP contribution in [0.1, 0.15) is 10.4 Å². The second kappa shape index (κ2) is 9.62. The number of aromatic nitrogens is 1. The van der Waals surface area contributed by atoms with Gasteiger partial charge in [-0.15, -0.1) is 0 Å². The first-order chi connectivity index (χ1) is 18.0. The van der Waals surface area contributed by atoms with Gasteiger partial charge in [0.2, 0.25) is 0 Å². The van der Waals surface area contributed by atoms with E-state index in [2.05, 4.69) is 27.8 Å². The molecule has 2 aromatic heterocycles. The van der Waals surface area contributed by atoms with E-state index in [0.29, 0.717) is 21.3 Å². The van der Waals surface area contributed by atoms with Crippen LogP contribution in [0.4, 0.5) is 17.1 Å². The second-order valence-electron chi connectivity index (χ2n) is 8.50. The minimum absolute atomic E-state index is 0.266. The zero-order valence-corrected chi connectivity index (χ0v) is 20.8. The smallest absolute Gasteiger partial charge is 0.255 e. The van der Waals surface area contributed by atoms with Gasteiger partial charge in [0.1, 0.15) is 11.2 Å². The van der Waals surface area contributed by atoms with Crippen LogP contribution in [0.2, 0.25) is 10.0 Å². The van der Waals surface area contributed by atoms with Gasteiger partial charge in [-0.1, -0.05) is 53.5 Å². The molecule has 1 amide bonds. The quantitative estimate of drug-likeness (QED) is 0.236. The first-order valence-electron chi connectivity index (χ1n) is 11.6. The highest BCUT2D eigenvalue weighted by Crippen LogP contribution is 2.35. The summed E-state index contributed by atoms with van der Waals surface area (Å²) in [6, 6.07) is 30.2. The Morgan fingerprint density at radius 3 is 2.35 bits per heavy atom. The standard InChI is InChI=1S/C30H19Cl2N3O2/c31-25-13-8-18(16-26(25)32)30(36)35-20-11-9-19(10-12-20)34-21-14-15-33-27(17-21)24-6-3-5-23-22-4-1-2-7-28(22)37-29(23)24/h1-17H,(H,33,34)(H,35,36). The summed E-state index contributed by atoms with van der Waals surface area (Å²) in [5.41, 5.74) is 6.24. The molecule has 0 fully saturated rings. The van der Waals surface area contributed by atoms with E-state index in [1.54, 1.807) is 24.4 Å². The Labute approximate surface area is 222 Å². The summed E-state index contributed by atoms with van der Waals surface area (Å²) in [5, 5.41) is 9.15. The van der Waals surface area contributed by atoms with Gasteiger partial charge in [0.05, 0.1) is 15.7 Å². The number of carbonyl (C=O) groups excluding carboxylic acids is 1. The minimum atomic E-state index is -0.266. The number of anilines is 3. The maximum atomic E-state index is 12.5. The Bertz CT molecular complexity index is 1780. The molecule has 180 valence electrons. The molecule has 0 aliphatic carbocycles. The average Bonchev–Trinajstić information content (AvgIpc) is 3.30. The predicted octanol–water partition coefficient (Wildman–Crippen LogP) is 8.95. The lowest BCUT2D eigenvalue weighted by atomic mass is 10.1. The van der Waals surface area contributed by atoms with Gasteiger partial charge in [-0.25, -0.2) is 0 Å². The third kappa shape index (κ3) is 4.62. The van der Waals surface area contributed by atoms with E-state index in [9.17, 15) is 4.79 Å². The van der Waals surface area contributed by atoms with E-state index in [0.717, 1.165) is 44.6 Å². The summed E-state index contributed by atoms with van der Waals surface area (Å²) < 4.78 is 6.18. The van der Waals surface area contributed by atoms with Crippen LogP contribution in [0.25, 0.3) is 33.2 Å². The van der Waals surface area contributed by atoms with Gasteiger partial charge < -0.3 is 15.1 Å². The highest BCUT2D eigenvalue weighted by atomic mass is 35.5. The fourth-order valence-corrected chi connectivity index (χ4v) is 4.55. The summed E-state index contributed by atoms with van der Waals surface area (Å²) in [5.74, 6) is -0.266.